The van der Waals surface area contributed by atoms with Gasteiger partial charge in [-0.2, -0.15) is 10.2 Å². The molecule has 5 aromatic heterocycles. The van der Waals surface area contributed by atoms with Gasteiger partial charge in [0.1, 0.15) is 4.60 Å². The summed E-state index contributed by atoms with van der Waals surface area (Å²) in [5.41, 5.74) is 7.41. The van der Waals surface area contributed by atoms with E-state index < -0.39 is 11.2 Å². The minimum Gasteiger partial charge on any atom is -0.420 e. The Hall–Kier alpha value is -6.37. The van der Waals surface area contributed by atoms with Crippen molar-refractivity contribution in [3.63, 3.8) is 0 Å². The first-order chi connectivity index (χ1) is 30.0. The number of fused-ring (bicyclic) bond motifs is 2. The first-order valence-electron chi connectivity index (χ1n) is 20.8. The number of halogens is 1. The lowest BCUT2D eigenvalue weighted by atomic mass is 10.0. The van der Waals surface area contributed by atoms with E-state index in [0.717, 1.165) is 65.0 Å². The molecule has 0 radical (unpaired) electrons. The molecular weight excluding hydrogens is 868 g/mol. The molecule has 0 bridgehead atoms. The SMILES string of the molecule is Cc1cc(-c2cnc3c(NCC(C)(C)O)cc(Br)nn23)ccc1C(=O)NC1CC1.Cc1cc(-c2cnc3c(NCC(C)(C)O)cc(Oc4ccn[nH]4)nn23)ccc1C(=O)NC1CC1. The quantitative estimate of drug-likeness (QED) is 0.0597. The summed E-state index contributed by atoms with van der Waals surface area (Å²) in [6.07, 6.45) is 9.31. The lowest BCUT2D eigenvalue weighted by molar-refractivity contribution is 0.0939. The lowest BCUT2D eigenvalue weighted by Gasteiger charge is -2.19. The van der Waals surface area contributed by atoms with Gasteiger partial charge in [0.05, 0.1) is 52.6 Å². The van der Waals surface area contributed by atoms with Crippen LogP contribution in [-0.4, -0.2) is 97.8 Å². The highest BCUT2D eigenvalue weighted by Crippen LogP contribution is 2.31. The molecule has 2 aliphatic carbocycles. The van der Waals surface area contributed by atoms with Crippen LogP contribution in [0.1, 0.15) is 85.2 Å². The van der Waals surface area contributed by atoms with Crippen LogP contribution in [0.3, 0.4) is 0 Å². The van der Waals surface area contributed by atoms with Gasteiger partial charge < -0.3 is 36.2 Å². The second kappa shape index (κ2) is 17.4. The average Bonchev–Trinajstić information content (AvgIpc) is 4.05. The first kappa shape index (κ1) is 43.3. The number of H-pyrrole nitrogens is 1. The van der Waals surface area contributed by atoms with Crippen LogP contribution in [0, 0.1) is 13.8 Å². The highest BCUT2D eigenvalue weighted by Gasteiger charge is 2.26. The van der Waals surface area contributed by atoms with E-state index >= 15 is 0 Å². The number of rotatable bonds is 14. The van der Waals surface area contributed by atoms with Gasteiger partial charge in [-0.3, -0.25) is 9.59 Å². The maximum absolute atomic E-state index is 12.5. The van der Waals surface area contributed by atoms with Crippen molar-refractivity contribution in [3.8, 4) is 34.3 Å². The van der Waals surface area contributed by atoms with E-state index in [1.54, 1.807) is 67.4 Å². The van der Waals surface area contributed by atoms with Gasteiger partial charge >= 0.3 is 0 Å². The van der Waals surface area contributed by atoms with Crippen molar-refractivity contribution in [2.24, 2.45) is 0 Å². The molecule has 7 aromatic rings. The number of hydrogen-bond acceptors (Lipinski definition) is 12. The largest absolute Gasteiger partial charge is 0.420 e. The van der Waals surface area contributed by atoms with Gasteiger partial charge in [-0.05, 0) is 125 Å². The summed E-state index contributed by atoms with van der Waals surface area (Å²) in [7, 11) is 0. The molecule has 9 rings (SSSR count). The number of ether oxygens (including phenoxy) is 1. The molecule has 63 heavy (non-hydrogen) atoms. The van der Waals surface area contributed by atoms with Crippen LogP contribution in [0.25, 0.3) is 33.8 Å². The standard InChI is InChI=1S/C24H27N7O3.C21H24BrN5O2/c1-14-10-15(4-7-17(14)23(32)28-16-5-6-16)19-12-25-22-18(26-13-24(2,3)33)11-21(30-31(19)22)34-20-8-9-27-29-20;1-12-8-13(4-7-15(12)20(28)25-14-5-6-14)17-10-23-19-16(24-11-21(2,3)29)9-18(22)26-27(17)19/h4,7-12,16,26,33H,5-6,13H2,1-3H3,(H,27,29)(H,28,32);4,7-10,14,24,29H,5-6,11H2,1-3H3,(H,25,28). The summed E-state index contributed by atoms with van der Waals surface area (Å²) in [5.74, 6) is 0.708. The zero-order valence-corrected chi connectivity index (χ0v) is 37.5. The summed E-state index contributed by atoms with van der Waals surface area (Å²) >= 11 is 3.45. The molecule has 2 fully saturated rings. The Morgan fingerprint density at radius 1 is 0.746 bits per heavy atom. The minimum atomic E-state index is -0.923. The molecule has 2 aromatic carbocycles. The van der Waals surface area contributed by atoms with Crippen LogP contribution >= 0.6 is 15.9 Å². The summed E-state index contributed by atoms with van der Waals surface area (Å²) < 4.78 is 9.95. The molecule has 0 spiro atoms. The molecule has 0 saturated heterocycles. The van der Waals surface area contributed by atoms with Crippen molar-refractivity contribution in [1.29, 1.82) is 0 Å². The Morgan fingerprint density at radius 3 is 1.68 bits per heavy atom. The average molecular weight is 920 g/mol. The van der Waals surface area contributed by atoms with Crippen molar-refractivity contribution in [2.45, 2.75) is 90.5 Å². The fraction of sp³-hybridized carbons (Fsp3) is 0.356. The number of imidazole rings is 2. The topological polar surface area (TPSA) is 221 Å². The van der Waals surface area contributed by atoms with Crippen molar-refractivity contribution >= 4 is 50.4 Å². The number of carbonyl (C=O) groups excluding carboxylic acids is 2. The van der Waals surface area contributed by atoms with Crippen LogP contribution in [0.5, 0.6) is 11.8 Å². The number of amides is 2. The molecule has 17 nitrogen and oxygen atoms in total. The van der Waals surface area contributed by atoms with E-state index in [2.05, 4.69) is 67.6 Å². The number of aryl methyl sites for hydroxylation is 2. The van der Waals surface area contributed by atoms with Crippen molar-refractivity contribution < 1.29 is 24.5 Å². The summed E-state index contributed by atoms with van der Waals surface area (Å²) in [6.45, 7) is 11.5. The Morgan fingerprint density at radius 2 is 1.24 bits per heavy atom. The minimum absolute atomic E-state index is 0.0198. The Labute approximate surface area is 372 Å². The third-order valence-corrected chi connectivity index (χ3v) is 10.7. The van der Waals surface area contributed by atoms with Crippen LogP contribution in [0.2, 0.25) is 0 Å². The molecular formula is C45H51BrN12O5. The van der Waals surface area contributed by atoms with E-state index in [1.165, 1.54) is 0 Å². The van der Waals surface area contributed by atoms with E-state index in [-0.39, 0.29) is 11.8 Å². The zero-order chi connectivity index (χ0) is 44.6. The predicted molar refractivity (Wildman–Crippen MR) is 243 cm³/mol. The van der Waals surface area contributed by atoms with Gasteiger partial charge in [-0.1, -0.05) is 12.1 Å². The van der Waals surface area contributed by atoms with Gasteiger partial charge in [-0.25, -0.2) is 24.1 Å². The molecule has 0 aliphatic heterocycles. The number of carbonyl (C=O) groups is 2. The van der Waals surface area contributed by atoms with E-state index in [0.29, 0.717) is 69.6 Å². The molecule has 2 amide bonds. The molecule has 328 valence electrons. The number of nitrogens with zero attached hydrogens (tertiary/aromatic N) is 7. The third-order valence-electron chi connectivity index (χ3n) is 10.4. The van der Waals surface area contributed by atoms with E-state index in [9.17, 15) is 19.8 Å². The summed E-state index contributed by atoms with van der Waals surface area (Å²) in [5, 5.41) is 48.6. The van der Waals surface area contributed by atoms with Gasteiger partial charge in [0.2, 0.25) is 11.8 Å². The fourth-order valence-electron chi connectivity index (χ4n) is 6.76. The molecule has 0 atom stereocenters. The molecule has 18 heteroatoms. The maximum atomic E-state index is 12.5. The van der Waals surface area contributed by atoms with Crippen LogP contribution < -0.4 is 26.0 Å². The van der Waals surface area contributed by atoms with E-state index in [4.69, 9.17) is 4.74 Å². The molecule has 0 unspecified atom stereocenters. The Balaban J connectivity index is 0.000000175. The third kappa shape index (κ3) is 10.6. The van der Waals surface area contributed by atoms with Crippen LogP contribution in [-0.2, 0) is 0 Å². The molecule has 7 N–H and O–H groups in total. The second-order valence-electron chi connectivity index (χ2n) is 17.4. The number of aromatic nitrogens is 8. The van der Waals surface area contributed by atoms with Crippen molar-refractivity contribution in [3.05, 3.63) is 100 Å². The number of benzene rings is 2. The van der Waals surface area contributed by atoms with Crippen LogP contribution in [0.4, 0.5) is 11.4 Å². The van der Waals surface area contributed by atoms with Crippen LogP contribution in [0.15, 0.2) is 77.8 Å². The van der Waals surface area contributed by atoms with Gasteiger partial charge in [-0.15, -0.1) is 5.10 Å². The maximum Gasteiger partial charge on any atom is 0.251 e. The number of aromatic amines is 1. The van der Waals surface area contributed by atoms with E-state index in [1.807, 2.05) is 56.3 Å². The predicted octanol–water partition coefficient (Wildman–Crippen LogP) is 6.84. The van der Waals surface area contributed by atoms with Crippen molar-refractivity contribution in [1.82, 2.24) is 50.0 Å². The smallest absolute Gasteiger partial charge is 0.251 e. The highest BCUT2D eigenvalue weighted by molar-refractivity contribution is 9.10. The summed E-state index contributed by atoms with van der Waals surface area (Å²) in [4.78, 5) is 34.0. The zero-order valence-electron chi connectivity index (χ0n) is 36.0. The highest BCUT2D eigenvalue weighted by atomic mass is 79.9. The lowest BCUT2D eigenvalue weighted by Crippen LogP contribution is -2.29. The molecule has 2 saturated carbocycles. The number of aliphatic hydroxyl groups is 2. The molecule has 2 aliphatic rings. The fourth-order valence-corrected chi connectivity index (χ4v) is 7.15. The number of nitrogens with one attached hydrogen (secondary N) is 5. The van der Waals surface area contributed by atoms with Gasteiger partial charge in [0.25, 0.3) is 11.8 Å². The Kier molecular flexibility index (Phi) is 12.0. The number of hydrogen-bond donors (Lipinski definition) is 7. The monoisotopic (exact) mass is 918 g/mol. The van der Waals surface area contributed by atoms with Crippen molar-refractivity contribution in [2.75, 3.05) is 23.7 Å². The normalized spacial score (nSPS) is 14.0. The second-order valence-corrected chi connectivity index (χ2v) is 18.3. The summed E-state index contributed by atoms with van der Waals surface area (Å²) in [6, 6.07) is 17.3. The first-order valence-corrected chi connectivity index (χ1v) is 21.6. The molecule has 5 heterocycles. The Bertz CT molecular complexity index is 2800. The van der Waals surface area contributed by atoms with Gasteiger partial charge in [0.15, 0.2) is 11.3 Å². The van der Waals surface area contributed by atoms with Gasteiger partial charge in [0, 0.05) is 59.6 Å². The number of anilines is 2.